The zero-order chi connectivity index (χ0) is 20.1. The first-order chi connectivity index (χ1) is 14.3. The molecule has 0 unspecified atom stereocenters. The predicted molar refractivity (Wildman–Crippen MR) is 115 cm³/mol. The van der Waals surface area contributed by atoms with Crippen molar-refractivity contribution in [2.75, 3.05) is 6.61 Å². The molecule has 5 heteroatoms. The van der Waals surface area contributed by atoms with Crippen LogP contribution in [-0.2, 0) is 0 Å². The Kier molecular flexibility index (Phi) is 5.66. The van der Waals surface area contributed by atoms with Gasteiger partial charge in [0.2, 0.25) is 0 Å². The van der Waals surface area contributed by atoms with Crippen molar-refractivity contribution >= 4 is 17.2 Å². The molecule has 3 aromatic rings. The number of hydrazone groups is 1. The van der Waals surface area contributed by atoms with Crippen molar-refractivity contribution in [3.05, 3.63) is 95.3 Å². The Hall–Kier alpha value is -3.47. The molecule has 1 N–H and O–H groups in total. The van der Waals surface area contributed by atoms with Crippen LogP contribution in [0.3, 0.4) is 0 Å². The van der Waals surface area contributed by atoms with E-state index in [0.29, 0.717) is 18.0 Å². The van der Waals surface area contributed by atoms with E-state index in [0.717, 1.165) is 41.1 Å². The van der Waals surface area contributed by atoms with E-state index in [-0.39, 0.29) is 5.82 Å². The summed E-state index contributed by atoms with van der Waals surface area (Å²) in [7, 11) is 0. The Morgan fingerprint density at radius 3 is 2.38 bits per heavy atom. The fourth-order valence-corrected chi connectivity index (χ4v) is 3.12. The number of para-hydroxylation sites is 1. The molecule has 0 atom stereocenters. The zero-order valence-corrected chi connectivity index (χ0v) is 16.2. The second kappa shape index (κ2) is 8.69. The van der Waals surface area contributed by atoms with Crippen LogP contribution in [0.25, 0.3) is 0 Å². The van der Waals surface area contributed by atoms with E-state index in [9.17, 15) is 4.39 Å². The number of ether oxygens (including phenoxy) is 1. The summed E-state index contributed by atoms with van der Waals surface area (Å²) >= 11 is 0. The average molecular weight is 387 g/mol. The lowest BCUT2D eigenvalue weighted by Crippen LogP contribution is -2.20. The van der Waals surface area contributed by atoms with E-state index in [1.807, 2.05) is 48.5 Å². The summed E-state index contributed by atoms with van der Waals surface area (Å²) in [6.07, 6.45) is 2.13. The van der Waals surface area contributed by atoms with Crippen LogP contribution in [0.4, 0.5) is 10.1 Å². The Morgan fingerprint density at radius 1 is 0.897 bits per heavy atom. The Bertz CT molecular complexity index is 1060. The molecule has 146 valence electrons. The summed E-state index contributed by atoms with van der Waals surface area (Å²) in [4.78, 5) is 4.64. The van der Waals surface area contributed by atoms with Gasteiger partial charge in [-0.2, -0.15) is 5.10 Å². The maximum Gasteiger partial charge on any atom is 0.157 e. The lowest BCUT2D eigenvalue weighted by atomic mass is 10.0. The molecule has 4 nitrogen and oxygen atoms in total. The van der Waals surface area contributed by atoms with Gasteiger partial charge in [0.15, 0.2) is 5.84 Å². The maximum atomic E-state index is 14.3. The first kappa shape index (κ1) is 18.9. The molecule has 0 bridgehead atoms. The van der Waals surface area contributed by atoms with E-state index in [2.05, 4.69) is 22.4 Å². The summed E-state index contributed by atoms with van der Waals surface area (Å²) < 4.78 is 20.0. The molecule has 29 heavy (non-hydrogen) atoms. The van der Waals surface area contributed by atoms with E-state index < -0.39 is 0 Å². The normalized spacial score (nSPS) is 12.9. The summed E-state index contributed by atoms with van der Waals surface area (Å²) in [5.41, 5.74) is 6.63. The van der Waals surface area contributed by atoms with Gasteiger partial charge in [0.1, 0.15) is 11.6 Å². The van der Waals surface area contributed by atoms with Crippen molar-refractivity contribution in [1.29, 1.82) is 0 Å². The third-order valence-corrected chi connectivity index (χ3v) is 4.69. The topological polar surface area (TPSA) is 46.0 Å². The van der Waals surface area contributed by atoms with E-state index in [1.165, 1.54) is 6.07 Å². The van der Waals surface area contributed by atoms with Crippen LogP contribution in [0.2, 0.25) is 0 Å². The molecule has 4 rings (SSSR count). The van der Waals surface area contributed by atoms with Crippen LogP contribution < -0.4 is 10.2 Å². The fraction of sp³-hybridized carbons (Fsp3) is 0.167. The number of aliphatic imine (C=N–C) groups is 1. The zero-order valence-electron chi connectivity index (χ0n) is 16.2. The molecule has 0 aromatic heterocycles. The number of nitrogens with zero attached hydrogens (tertiary/aromatic N) is 2. The molecule has 0 radical (unpaired) electrons. The van der Waals surface area contributed by atoms with Gasteiger partial charge in [-0.1, -0.05) is 43.7 Å². The van der Waals surface area contributed by atoms with Crippen LogP contribution in [0.1, 0.15) is 36.5 Å². The van der Waals surface area contributed by atoms with E-state index in [1.54, 1.807) is 18.2 Å². The fourth-order valence-electron chi connectivity index (χ4n) is 3.12. The first-order valence-electron chi connectivity index (χ1n) is 9.76. The minimum atomic E-state index is -0.344. The van der Waals surface area contributed by atoms with Gasteiger partial charge >= 0.3 is 0 Å². The van der Waals surface area contributed by atoms with Gasteiger partial charge in [0.25, 0.3) is 0 Å². The Morgan fingerprint density at radius 2 is 1.62 bits per heavy atom. The number of benzene rings is 3. The molecule has 0 aliphatic carbocycles. The highest BCUT2D eigenvalue weighted by Crippen LogP contribution is 2.26. The largest absolute Gasteiger partial charge is 0.494 e. The summed E-state index contributed by atoms with van der Waals surface area (Å²) in [5, 5.41) is 4.57. The Balaban J connectivity index is 1.68. The number of hydrogen-bond acceptors (Lipinski definition) is 4. The van der Waals surface area contributed by atoms with Gasteiger partial charge in [-0.05, 0) is 48.9 Å². The lowest BCUT2D eigenvalue weighted by molar-refractivity contribution is 0.309. The average Bonchev–Trinajstić information content (AvgIpc) is 2.95. The Labute approximate surface area is 169 Å². The molecule has 0 fully saturated rings. The van der Waals surface area contributed by atoms with Crippen molar-refractivity contribution in [3.8, 4) is 5.75 Å². The predicted octanol–water partition coefficient (Wildman–Crippen LogP) is 5.44. The third kappa shape index (κ3) is 4.19. The van der Waals surface area contributed by atoms with E-state index >= 15 is 0 Å². The quantitative estimate of drug-likeness (QED) is 0.573. The number of fused-ring (bicyclic) bond motifs is 1. The van der Waals surface area contributed by atoms with Crippen molar-refractivity contribution in [1.82, 2.24) is 5.43 Å². The molecular formula is C24H22FN3O. The standard InChI is InChI=1S/C24H22FN3O/c1-2-3-16-29-18-14-12-17(13-15-18)23-20-9-5-7-11-22(20)26-24(28-27-23)19-8-4-6-10-21(19)25/h4-15H,2-3,16H2,1H3,(H,26,28). The van der Waals surface area contributed by atoms with Gasteiger partial charge < -0.3 is 4.74 Å². The summed E-state index contributed by atoms with van der Waals surface area (Å²) in [5.74, 6) is 0.870. The van der Waals surface area contributed by atoms with Crippen LogP contribution in [0, 0.1) is 5.82 Å². The van der Waals surface area contributed by atoms with Crippen LogP contribution in [0.15, 0.2) is 82.9 Å². The number of amidine groups is 1. The second-order valence-corrected chi connectivity index (χ2v) is 6.76. The van der Waals surface area contributed by atoms with Crippen molar-refractivity contribution in [2.45, 2.75) is 19.8 Å². The monoisotopic (exact) mass is 387 g/mol. The molecule has 3 aromatic carbocycles. The minimum absolute atomic E-state index is 0.344. The molecule has 1 aliphatic heterocycles. The third-order valence-electron chi connectivity index (χ3n) is 4.69. The maximum absolute atomic E-state index is 14.3. The molecule has 0 amide bonds. The number of rotatable bonds is 6. The van der Waals surface area contributed by atoms with Crippen molar-refractivity contribution in [3.63, 3.8) is 0 Å². The first-order valence-corrected chi connectivity index (χ1v) is 9.76. The molecule has 0 saturated heterocycles. The van der Waals surface area contributed by atoms with Gasteiger partial charge in [0.05, 0.1) is 23.6 Å². The highest BCUT2D eigenvalue weighted by molar-refractivity contribution is 6.18. The summed E-state index contributed by atoms with van der Waals surface area (Å²) in [6.45, 7) is 2.85. The number of halogens is 1. The molecule has 0 saturated carbocycles. The highest BCUT2D eigenvalue weighted by Gasteiger charge is 2.18. The summed E-state index contributed by atoms with van der Waals surface area (Å²) in [6, 6.07) is 22.1. The lowest BCUT2D eigenvalue weighted by Gasteiger charge is -2.09. The minimum Gasteiger partial charge on any atom is -0.494 e. The van der Waals surface area contributed by atoms with Gasteiger partial charge in [-0.15, -0.1) is 0 Å². The van der Waals surface area contributed by atoms with Crippen molar-refractivity contribution in [2.24, 2.45) is 10.1 Å². The van der Waals surface area contributed by atoms with Crippen molar-refractivity contribution < 1.29 is 9.13 Å². The number of hydrogen-bond donors (Lipinski definition) is 1. The SMILES string of the molecule is CCCCOc1ccc(C2=NNC(c3ccccc3F)=Nc3ccccc32)cc1. The van der Waals surface area contributed by atoms with Gasteiger partial charge in [0, 0.05) is 11.1 Å². The molecule has 1 heterocycles. The van der Waals surface area contributed by atoms with Crippen LogP contribution in [0.5, 0.6) is 5.75 Å². The highest BCUT2D eigenvalue weighted by atomic mass is 19.1. The van der Waals surface area contributed by atoms with Gasteiger partial charge in [-0.3, -0.25) is 5.43 Å². The number of unbranched alkanes of at least 4 members (excludes halogenated alkanes) is 1. The van der Waals surface area contributed by atoms with Crippen LogP contribution in [-0.4, -0.2) is 18.2 Å². The molecule has 0 spiro atoms. The van der Waals surface area contributed by atoms with E-state index in [4.69, 9.17) is 4.74 Å². The molecule has 1 aliphatic rings. The van der Waals surface area contributed by atoms with Crippen LogP contribution >= 0.6 is 0 Å². The second-order valence-electron chi connectivity index (χ2n) is 6.76. The smallest absolute Gasteiger partial charge is 0.157 e. The molecular weight excluding hydrogens is 365 g/mol. The van der Waals surface area contributed by atoms with Gasteiger partial charge in [-0.25, -0.2) is 9.38 Å². The number of nitrogens with one attached hydrogen (secondary N) is 1.